The van der Waals surface area contributed by atoms with Gasteiger partial charge in [0.1, 0.15) is 36.2 Å². The topological polar surface area (TPSA) is 36.9 Å². The minimum absolute atomic E-state index is 0.484. The fraction of sp³-hybridized carbons (Fsp3) is 0.200. The van der Waals surface area contributed by atoms with Crippen LogP contribution in [-0.2, 0) is 13.2 Å². The number of hydrogen-bond acceptors (Lipinski definition) is 6. The molecule has 6 rings (SSSR count). The highest BCUT2D eigenvalue weighted by molar-refractivity contribution is 7.25. The lowest BCUT2D eigenvalue weighted by Gasteiger charge is -2.15. The summed E-state index contributed by atoms with van der Waals surface area (Å²) < 4.78 is 24.7. The Morgan fingerprint density at radius 1 is 0.413 bits per heavy atom. The van der Waals surface area contributed by atoms with E-state index in [1.54, 1.807) is 36.9 Å². The van der Waals surface area contributed by atoms with Gasteiger partial charge in [-0.3, -0.25) is 0 Å². The van der Waals surface area contributed by atoms with Crippen molar-refractivity contribution in [3.63, 3.8) is 0 Å². The van der Waals surface area contributed by atoms with Gasteiger partial charge in [-0.25, -0.2) is 0 Å². The number of thiophene rings is 2. The normalized spacial score (nSPS) is 11.0. The van der Waals surface area contributed by atoms with Gasteiger partial charge in [-0.15, -0.1) is 22.7 Å². The Bertz CT molecular complexity index is 1810. The number of methoxy groups -OCH3 is 2. The van der Waals surface area contributed by atoms with E-state index in [1.807, 2.05) is 72.8 Å². The smallest absolute Gasteiger partial charge is 0.132 e. The highest BCUT2D eigenvalue weighted by Crippen LogP contribution is 2.53. The van der Waals surface area contributed by atoms with Crippen molar-refractivity contribution in [3.05, 3.63) is 130 Å². The van der Waals surface area contributed by atoms with E-state index in [-0.39, 0.29) is 0 Å². The third kappa shape index (κ3) is 6.15. The molecule has 0 radical (unpaired) electrons. The summed E-state index contributed by atoms with van der Waals surface area (Å²) in [7, 11) is 3.44. The maximum Gasteiger partial charge on any atom is 0.132 e. The Hall–Kier alpha value is -4.52. The molecule has 0 aliphatic heterocycles. The van der Waals surface area contributed by atoms with E-state index in [0.29, 0.717) is 13.2 Å². The van der Waals surface area contributed by atoms with Gasteiger partial charge in [-0.1, -0.05) is 72.8 Å². The first-order valence-corrected chi connectivity index (χ1v) is 16.9. The van der Waals surface area contributed by atoms with Gasteiger partial charge in [0.05, 0.1) is 25.3 Å². The second-order valence-electron chi connectivity index (χ2n) is 11.2. The number of benzene rings is 4. The summed E-state index contributed by atoms with van der Waals surface area (Å²) >= 11 is 3.60. The van der Waals surface area contributed by atoms with Crippen molar-refractivity contribution in [2.45, 2.75) is 40.9 Å². The van der Waals surface area contributed by atoms with E-state index in [9.17, 15) is 0 Å². The van der Waals surface area contributed by atoms with Gasteiger partial charge in [0.15, 0.2) is 0 Å². The Balaban J connectivity index is 1.41. The largest absolute Gasteiger partial charge is 0.496 e. The minimum atomic E-state index is 0.484. The van der Waals surface area contributed by atoms with Crippen molar-refractivity contribution in [2.24, 2.45) is 0 Å². The molecule has 46 heavy (non-hydrogen) atoms. The predicted octanol–water partition coefficient (Wildman–Crippen LogP) is 11.2. The summed E-state index contributed by atoms with van der Waals surface area (Å²) in [6.45, 7) is 9.80. The van der Waals surface area contributed by atoms with Crippen molar-refractivity contribution in [1.82, 2.24) is 0 Å². The van der Waals surface area contributed by atoms with Gasteiger partial charge >= 0.3 is 0 Å². The van der Waals surface area contributed by atoms with Crippen LogP contribution in [0.25, 0.3) is 30.6 Å². The Labute approximate surface area is 279 Å². The molecule has 0 aliphatic rings. The number of rotatable bonds is 11. The average molecular weight is 647 g/mol. The standard InChI is InChI=1S/C40H38O4S2/c1-25-27(3)39(45-37(25)35-31(41-5)19-13-21-33(35)43-23-29-15-9-7-10-16-29)40-28(4)26(2)38(46-40)36-32(42-6)20-14-22-34(36)44-24-30-17-11-8-12-18-30/h7-22H,23-24H2,1-6H3. The lowest BCUT2D eigenvalue weighted by Crippen LogP contribution is -1.98. The molecule has 0 N–H and O–H groups in total. The van der Waals surface area contributed by atoms with Crippen LogP contribution in [0.3, 0.4) is 0 Å². The first kappa shape index (κ1) is 31.5. The SMILES string of the molecule is COc1cccc(OCc2ccccc2)c1-c1sc(-c2sc(-c3c(OC)cccc3OCc3ccccc3)c(C)c2C)c(C)c1C. The molecule has 0 aliphatic carbocycles. The fourth-order valence-electron chi connectivity index (χ4n) is 5.62. The second-order valence-corrected chi connectivity index (χ2v) is 13.3. The van der Waals surface area contributed by atoms with Crippen LogP contribution in [0.1, 0.15) is 33.4 Å². The number of hydrogen-bond donors (Lipinski definition) is 0. The number of ether oxygens (including phenoxy) is 4. The van der Waals surface area contributed by atoms with Crippen molar-refractivity contribution < 1.29 is 18.9 Å². The molecule has 0 atom stereocenters. The minimum Gasteiger partial charge on any atom is -0.496 e. The zero-order chi connectivity index (χ0) is 32.2. The predicted molar refractivity (Wildman–Crippen MR) is 192 cm³/mol. The van der Waals surface area contributed by atoms with Crippen LogP contribution in [0, 0.1) is 27.7 Å². The van der Waals surface area contributed by atoms with E-state index in [4.69, 9.17) is 18.9 Å². The third-order valence-electron chi connectivity index (χ3n) is 8.45. The summed E-state index contributed by atoms with van der Waals surface area (Å²) in [6.07, 6.45) is 0. The van der Waals surface area contributed by atoms with Gasteiger partial charge in [0.25, 0.3) is 0 Å². The molecular weight excluding hydrogens is 609 g/mol. The maximum absolute atomic E-state index is 6.43. The van der Waals surface area contributed by atoms with Crippen molar-refractivity contribution in [3.8, 4) is 53.6 Å². The Kier molecular flexibility index (Phi) is 9.48. The molecule has 4 aromatic carbocycles. The van der Waals surface area contributed by atoms with Gasteiger partial charge in [0.2, 0.25) is 0 Å². The summed E-state index contributed by atoms with van der Waals surface area (Å²) in [4.78, 5) is 4.82. The van der Waals surface area contributed by atoms with Crippen molar-refractivity contribution >= 4 is 22.7 Å². The van der Waals surface area contributed by atoms with Gasteiger partial charge in [-0.05, 0) is 85.3 Å². The van der Waals surface area contributed by atoms with Crippen LogP contribution in [-0.4, -0.2) is 14.2 Å². The third-order valence-corrected chi connectivity index (χ3v) is 11.4. The lowest BCUT2D eigenvalue weighted by atomic mass is 10.0. The molecule has 0 unspecified atom stereocenters. The van der Waals surface area contributed by atoms with Crippen molar-refractivity contribution in [1.29, 1.82) is 0 Å². The maximum atomic E-state index is 6.43. The first-order valence-electron chi connectivity index (χ1n) is 15.3. The summed E-state index contributed by atoms with van der Waals surface area (Å²) in [5, 5.41) is 0. The van der Waals surface area contributed by atoms with Crippen LogP contribution in [0.15, 0.2) is 97.1 Å². The van der Waals surface area contributed by atoms with E-state index in [1.165, 1.54) is 32.0 Å². The van der Waals surface area contributed by atoms with Crippen LogP contribution in [0.4, 0.5) is 0 Å². The van der Waals surface area contributed by atoms with Crippen LogP contribution < -0.4 is 18.9 Å². The molecule has 0 saturated heterocycles. The lowest BCUT2D eigenvalue weighted by molar-refractivity contribution is 0.305. The molecule has 0 spiro atoms. The molecule has 0 amide bonds. The molecule has 6 heteroatoms. The van der Waals surface area contributed by atoms with Crippen LogP contribution in [0.2, 0.25) is 0 Å². The second kappa shape index (κ2) is 13.9. The fourth-order valence-corrected chi connectivity index (χ4v) is 8.60. The molecule has 2 heterocycles. The monoisotopic (exact) mass is 646 g/mol. The summed E-state index contributed by atoms with van der Waals surface area (Å²) in [5.74, 6) is 3.23. The molecular formula is C40H38O4S2. The quantitative estimate of drug-likeness (QED) is 0.140. The van der Waals surface area contributed by atoms with Crippen molar-refractivity contribution in [2.75, 3.05) is 14.2 Å². The van der Waals surface area contributed by atoms with Crippen LogP contribution in [0.5, 0.6) is 23.0 Å². The molecule has 6 aromatic rings. The van der Waals surface area contributed by atoms with E-state index < -0.39 is 0 Å². The Morgan fingerprint density at radius 2 is 0.761 bits per heavy atom. The van der Waals surface area contributed by atoms with Gasteiger partial charge in [0, 0.05) is 19.5 Å². The van der Waals surface area contributed by atoms with E-state index >= 15 is 0 Å². The Morgan fingerprint density at radius 3 is 1.13 bits per heavy atom. The average Bonchev–Trinajstić information content (AvgIpc) is 3.55. The van der Waals surface area contributed by atoms with Crippen LogP contribution >= 0.6 is 22.7 Å². The highest BCUT2D eigenvalue weighted by Gasteiger charge is 2.26. The van der Waals surface area contributed by atoms with Gasteiger partial charge < -0.3 is 18.9 Å². The molecule has 4 nitrogen and oxygen atoms in total. The van der Waals surface area contributed by atoms with E-state index in [2.05, 4.69) is 52.0 Å². The molecule has 0 saturated carbocycles. The summed E-state index contributed by atoms with van der Waals surface area (Å²) in [6, 6.07) is 32.6. The molecule has 234 valence electrons. The first-order chi connectivity index (χ1) is 22.4. The zero-order valence-corrected chi connectivity index (χ0v) is 28.7. The zero-order valence-electron chi connectivity index (χ0n) is 27.1. The molecule has 0 fully saturated rings. The summed E-state index contributed by atoms with van der Waals surface area (Å²) in [5.41, 5.74) is 9.20. The van der Waals surface area contributed by atoms with E-state index in [0.717, 1.165) is 55.0 Å². The highest BCUT2D eigenvalue weighted by atomic mass is 32.1. The molecule has 0 bridgehead atoms. The van der Waals surface area contributed by atoms with Gasteiger partial charge in [-0.2, -0.15) is 0 Å². The molecule has 2 aromatic heterocycles.